The summed E-state index contributed by atoms with van der Waals surface area (Å²) in [5.74, 6) is 0.288. The number of benzene rings is 2. The number of urea groups is 1. The summed E-state index contributed by atoms with van der Waals surface area (Å²) in [5.41, 5.74) is 5.46. The first kappa shape index (κ1) is 20.7. The molecule has 0 saturated heterocycles. The second-order valence-electron chi connectivity index (χ2n) is 6.86. The van der Waals surface area contributed by atoms with Crippen LogP contribution in [0.15, 0.2) is 53.6 Å². The van der Waals surface area contributed by atoms with Crippen molar-refractivity contribution in [3.8, 4) is 0 Å². The molecule has 9 heteroatoms. The zero-order valence-electron chi connectivity index (χ0n) is 16.0. The van der Waals surface area contributed by atoms with Gasteiger partial charge in [-0.25, -0.2) is 10.2 Å². The zero-order chi connectivity index (χ0) is 20.8. The molecule has 2 aromatic carbocycles. The molecule has 1 aliphatic heterocycles. The molecule has 8 nitrogen and oxygen atoms in total. The highest BCUT2D eigenvalue weighted by molar-refractivity contribution is 7.80. The largest absolute Gasteiger partial charge is 0.382 e. The number of hydrogen-bond donors (Lipinski definition) is 3. The fraction of sp³-hybridized carbons (Fsp3) is 0.300. The van der Waals surface area contributed by atoms with Crippen LogP contribution in [0.3, 0.4) is 0 Å². The number of nitrogens with zero attached hydrogens (tertiary/aromatic N) is 3. The number of fused-ring (bicyclic) bond motifs is 1. The summed E-state index contributed by atoms with van der Waals surface area (Å²) in [6.45, 7) is 3.19. The lowest BCUT2D eigenvalue weighted by Gasteiger charge is -2.27. The third-order valence-electron chi connectivity index (χ3n) is 4.87. The highest BCUT2D eigenvalue weighted by atomic mass is 32.1. The lowest BCUT2D eigenvalue weighted by Crippen LogP contribution is -2.45. The Balaban J connectivity index is 1.63. The Morgan fingerprint density at radius 3 is 2.76 bits per heavy atom. The van der Waals surface area contributed by atoms with E-state index in [4.69, 9.17) is 0 Å². The van der Waals surface area contributed by atoms with E-state index in [1.54, 1.807) is 17.0 Å². The Morgan fingerprint density at radius 1 is 1.31 bits per heavy atom. The molecule has 2 aromatic rings. The van der Waals surface area contributed by atoms with Gasteiger partial charge in [-0.2, -0.15) is 17.7 Å². The van der Waals surface area contributed by atoms with Gasteiger partial charge in [0.05, 0.1) is 16.5 Å². The quantitative estimate of drug-likeness (QED) is 0.308. The van der Waals surface area contributed by atoms with Crippen molar-refractivity contribution < 1.29 is 9.72 Å². The molecule has 29 heavy (non-hydrogen) atoms. The molecule has 1 heterocycles. The normalized spacial score (nSPS) is 19.4. The number of nitro groups is 1. The molecule has 0 spiro atoms. The highest BCUT2D eigenvalue weighted by Gasteiger charge is 2.24. The average molecular weight is 414 g/mol. The van der Waals surface area contributed by atoms with E-state index in [0.29, 0.717) is 18.7 Å². The van der Waals surface area contributed by atoms with Crippen molar-refractivity contribution in [1.82, 2.24) is 10.3 Å². The van der Waals surface area contributed by atoms with Gasteiger partial charge in [0, 0.05) is 30.9 Å². The van der Waals surface area contributed by atoms with Crippen molar-refractivity contribution in [2.24, 2.45) is 5.10 Å². The van der Waals surface area contributed by atoms with E-state index in [9.17, 15) is 14.9 Å². The van der Waals surface area contributed by atoms with Crippen molar-refractivity contribution in [3.63, 3.8) is 0 Å². The fourth-order valence-corrected chi connectivity index (χ4v) is 3.49. The summed E-state index contributed by atoms with van der Waals surface area (Å²) < 4.78 is 0. The van der Waals surface area contributed by atoms with Crippen molar-refractivity contribution in [1.29, 1.82) is 0 Å². The van der Waals surface area contributed by atoms with Crippen LogP contribution in [-0.2, 0) is 0 Å². The van der Waals surface area contributed by atoms with Gasteiger partial charge in [0.25, 0.3) is 5.69 Å². The first-order valence-electron chi connectivity index (χ1n) is 9.30. The van der Waals surface area contributed by atoms with Crippen molar-refractivity contribution in [2.45, 2.75) is 24.6 Å². The van der Waals surface area contributed by atoms with Gasteiger partial charge in [-0.15, -0.1) is 0 Å². The number of amides is 2. The summed E-state index contributed by atoms with van der Waals surface area (Å²) in [5, 5.41) is 17.7. The molecule has 0 unspecified atom stereocenters. The summed E-state index contributed by atoms with van der Waals surface area (Å²) >= 11 is 4.59. The number of anilines is 1. The Labute approximate surface area is 174 Å². The summed E-state index contributed by atoms with van der Waals surface area (Å²) in [7, 11) is 0. The number of rotatable bonds is 3. The Hall–Kier alpha value is -3.07. The first-order valence-corrected chi connectivity index (χ1v) is 9.82. The summed E-state index contributed by atoms with van der Waals surface area (Å²) in [6, 6.07) is 13.7. The van der Waals surface area contributed by atoms with Crippen LogP contribution in [0.2, 0.25) is 0 Å². The number of hydrazone groups is 1. The molecule has 2 N–H and O–H groups in total. The third kappa shape index (κ3) is 5.26. The number of nitro benzene ring substituents is 1. The van der Waals surface area contributed by atoms with E-state index >= 15 is 0 Å². The predicted molar refractivity (Wildman–Crippen MR) is 117 cm³/mol. The SMILES string of the molecule is C[C@@H]1CCN(C(=O)N/N=C/c2ccc([N+](=O)[O-])cc2)[C@@H](S)CNc2ccccc21. The maximum atomic E-state index is 12.6. The molecule has 152 valence electrons. The molecule has 0 fully saturated rings. The van der Waals surface area contributed by atoms with Gasteiger partial charge in [-0.3, -0.25) is 10.1 Å². The van der Waals surface area contributed by atoms with Gasteiger partial charge in [0.15, 0.2) is 0 Å². The molecule has 2 atom stereocenters. The smallest absolute Gasteiger partial charge is 0.338 e. The minimum atomic E-state index is -0.465. The minimum absolute atomic E-state index is 0.00316. The summed E-state index contributed by atoms with van der Waals surface area (Å²) in [4.78, 5) is 24.5. The number of carbonyl (C=O) groups excluding carboxylic acids is 1. The molecule has 0 aromatic heterocycles. The number of nitrogens with one attached hydrogen (secondary N) is 2. The molecule has 0 saturated carbocycles. The van der Waals surface area contributed by atoms with Gasteiger partial charge in [0.1, 0.15) is 0 Å². The van der Waals surface area contributed by atoms with Crippen LogP contribution < -0.4 is 10.7 Å². The second-order valence-corrected chi connectivity index (χ2v) is 7.45. The Bertz CT molecular complexity index is 903. The number of para-hydroxylation sites is 1. The molecule has 3 rings (SSSR count). The monoisotopic (exact) mass is 413 g/mol. The maximum Gasteiger partial charge on any atom is 0.338 e. The van der Waals surface area contributed by atoms with E-state index in [-0.39, 0.29) is 23.0 Å². The van der Waals surface area contributed by atoms with Crippen molar-refractivity contribution in [3.05, 3.63) is 69.8 Å². The zero-order valence-corrected chi connectivity index (χ0v) is 16.9. The number of thiol groups is 1. The van der Waals surface area contributed by atoms with Crippen LogP contribution in [0.5, 0.6) is 0 Å². The molecular formula is C20H23N5O3S. The molecule has 0 aliphatic carbocycles. The van der Waals surface area contributed by atoms with Crippen molar-refractivity contribution in [2.75, 3.05) is 18.4 Å². The van der Waals surface area contributed by atoms with E-state index in [0.717, 1.165) is 12.1 Å². The standard InChI is InChI=1S/C20H23N5O3S/c1-14-10-11-24(19(29)13-21-18-5-3-2-4-17(14)18)20(26)23-22-12-15-6-8-16(9-7-15)25(27)28/h2-9,12,14,19,21,29H,10-11,13H2,1H3,(H,23,26)/b22-12+/t14-,19+/m1/s1. The van der Waals surface area contributed by atoms with Crippen LogP contribution in [0.1, 0.15) is 30.4 Å². The minimum Gasteiger partial charge on any atom is -0.382 e. The van der Waals surface area contributed by atoms with Crippen LogP contribution in [-0.4, -0.2) is 40.5 Å². The maximum absolute atomic E-state index is 12.6. The molecule has 2 amide bonds. The van der Waals surface area contributed by atoms with E-state index in [1.165, 1.54) is 23.9 Å². The number of hydrogen-bond acceptors (Lipinski definition) is 6. The third-order valence-corrected chi connectivity index (χ3v) is 5.33. The first-order chi connectivity index (χ1) is 14.0. The van der Waals surface area contributed by atoms with Gasteiger partial charge < -0.3 is 10.2 Å². The van der Waals surface area contributed by atoms with Crippen LogP contribution in [0, 0.1) is 10.1 Å². The topological polar surface area (TPSA) is 99.9 Å². The molecule has 0 bridgehead atoms. The summed E-state index contributed by atoms with van der Waals surface area (Å²) in [6.07, 6.45) is 2.25. The molecule has 1 aliphatic rings. The average Bonchev–Trinajstić information content (AvgIpc) is 2.78. The van der Waals surface area contributed by atoms with E-state index < -0.39 is 4.92 Å². The molecular weight excluding hydrogens is 390 g/mol. The van der Waals surface area contributed by atoms with E-state index in [1.807, 2.05) is 18.2 Å². The lowest BCUT2D eigenvalue weighted by atomic mass is 9.96. The van der Waals surface area contributed by atoms with Crippen LogP contribution in [0.25, 0.3) is 0 Å². The highest BCUT2D eigenvalue weighted by Crippen LogP contribution is 2.29. The second kappa shape index (κ2) is 9.42. The fourth-order valence-electron chi connectivity index (χ4n) is 3.18. The Morgan fingerprint density at radius 2 is 2.03 bits per heavy atom. The van der Waals surface area contributed by atoms with Crippen LogP contribution >= 0.6 is 12.6 Å². The van der Waals surface area contributed by atoms with Gasteiger partial charge in [0.2, 0.25) is 0 Å². The Kier molecular flexibility index (Phi) is 6.71. The van der Waals surface area contributed by atoms with Gasteiger partial charge in [-0.05, 0) is 41.7 Å². The van der Waals surface area contributed by atoms with Gasteiger partial charge >= 0.3 is 6.03 Å². The van der Waals surface area contributed by atoms with Crippen molar-refractivity contribution >= 4 is 36.2 Å². The predicted octanol–water partition coefficient (Wildman–Crippen LogP) is 3.82. The number of non-ortho nitro benzene ring substituents is 1. The van der Waals surface area contributed by atoms with E-state index in [2.05, 4.69) is 41.5 Å². The number of carbonyl (C=O) groups is 1. The van der Waals surface area contributed by atoms with Gasteiger partial charge in [-0.1, -0.05) is 25.1 Å². The lowest BCUT2D eigenvalue weighted by molar-refractivity contribution is -0.384. The molecule has 0 radical (unpaired) electrons. The van der Waals surface area contributed by atoms with Crippen LogP contribution in [0.4, 0.5) is 16.2 Å².